The highest BCUT2D eigenvalue weighted by atomic mass is 35.5. The van der Waals surface area contributed by atoms with Crippen LogP contribution in [0.2, 0.25) is 5.02 Å². The molecule has 0 saturated heterocycles. The zero-order valence-electron chi connectivity index (χ0n) is 17.1. The van der Waals surface area contributed by atoms with Gasteiger partial charge in [0.1, 0.15) is 11.6 Å². The molecule has 8 nitrogen and oxygen atoms in total. The average Bonchev–Trinajstić information content (AvgIpc) is 3.12. The number of anilines is 2. The third kappa shape index (κ3) is 5.99. The predicted octanol–water partition coefficient (Wildman–Crippen LogP) is 3.88. The van der Waals surface area contributed by atoms with Gasteiger partial charge in [-0.15, -0.1) is 10.2 Å². The lowest BCUT2D eigenvalue weighted by molar-refractivity contribution is -0.116. The summed E-state index contributed by atoms with van der Waals surface area (Å²) in [5.74, 6) is 0.0617. The van der Waals surface area contributed by atoms with Crippen LogP contribution in [0.5, 0.6) is 5.75 Å². The Hall–Kier alpha value is -3.04. The molecule has 162 valence electrons. The van der Waals surface area contributed by atoms with Crippen molar-refractivity contribution in [3.63, 3.8) is 0 Å². The van der Waals surface area contributed by atoms with Crippen LogP contribution in [0.15, 0.2) is 47.6 Å². The van der Waals surface area contributed by atoms with Crippen molar-refractivity contribution in [1.82, 2.24) is 14.8 Å². The lowest BCUT2D eigenvalue weighted by Gasteiger charge is -2.09. The zero-order valence-corrected chi connectivity index (χ0v) is 18.6. The van der Waals surface area contributed by atoms with E-state index in [1.165, 1.54) is 17.8 Å². The molecular formula is C21H22ClN5O3S. The number of phenols is 1. The van der Waals surface area contributed by atoms with E-state index in [1.54, 1.807) is 34.9 Å². The van der Waals surface area contributed by atoms with Crippen LogP contribution in [0.4, 0.5) is 11.4 Å². The Balaban J connectivity index is 1.59. The van der Waals surface area contributed by atoms with E-state index in [2.05, 4.69) is 20.8 Å². The van der Waals surface area contributed by atoms with E-state index in [1.807, 2.05) is 19.9 Å². The number of thioether (sulfide) groups is 1. The second-order valence-corrected chi connectivity index (χ2v) is 8.04. The Bertz CT molecular complexity index is 1100. The molecule has 0 radical (unpaired) electrons. The standard InChI is InChI=1S/C21H22ClN5O3S/c1-3-27-18(11-19(29)23-14-9-8-13(2)15(22)10-14)25-26-21(27)31-12-20(30)24-16-6-4-5-7-17(16)28/h4-10,28H,3,11-12H2,1-2H3,(H,23,29)(H,24,30). The average molecular weight is 460 g/mol. The summed E-state index contributed by atoms with van der Waals surface area (Å²) >= 11 is 7.31. The number of benzene rings is 2. The number of hydrogen-bond donors (Lipinski definition) is 3. The van der Waals surface area contributed by atoms with Gasteiger partial charge < -0.3 is 20.3 Å². The number of rotatable bonds is 8. The fraction of sp³-hybridized carbons (Fsp3) is 0.238. The molecule has 0 spiro atoms. The van der Waals surface area contributed by atoms with Crippen molar-refractivity contribution in [1.29, 1.82) is 0 Å². The highest BCUT2D eigenvalue weighted by Crippen LogP contribution is 2.23. The lowest BCUT2D eigenvalue weighted by Crippen LogP contribution is -2.18. The lowest BCUT2D eigenvalue weighted by atomic mass is 10.2. The number of nitrogens with zero attached hydrogens (tertiary/aromatic N) is 3. The van der Waals surface area contributed by atoms with Crippen molar-refractivity contribution >= 4 is 46.6 Å². The topological polar surface area (TPSA) is 109 Å². The SMILES string of the molecule is CCn1c(CC(=O)Nc2ccc(C)c(Cl)c2)nnc1SCC(=O)Nc1ccccc1O. The molecule has 3 N–H and O–H groups in total. The smallest absolute Gasteiger partial charge is 0.234 e. The molecule has 3 aromatic rings. The molecule has 0 aliphatic carbocycles. The molecule has 0 aliphatic heterocycles. The number of nitrogens with one attached hydrogen (secondary N) is 2. The van der Waals surface area contributed by atoms with Crippen LogP contribution >= 0.6 is 23.4 Å². The first-order valence-electron chi connectivity index (χ1n) is 9.56. The van der Waals surface area contributed by atoms with Crippen molar-refractivity contribution in [2.24, 2.45) is 0 Å². The zero-order chi connectivity index (χ0) is 22.4. The maximum atomic E-state index is 12.4. The summed E-state index contributed by atoms with van der Waals surface area (Å²) in [5, 5.41) is 24.6. The Morgan fingerprint density at radius 1 is 1.13 bits per heavy atom. The number of hydrogen-bond acceptors (Lipinski definition) is 6. The van der Waals surface area contributed by atoms with Crippen LogP contribution < -0.4 is 10.6 Å². The van der Waals surface area contributed by atoms with Gasteiger partial charge in [-0.2, -0.15) is 0 Å². The van der Waals surface area contributed by atoms with Gasteiger partial charge in [0.15, 0.2) is 5.16 Å². The van der Waals surface area contributed by atoms with Gasteiger partial charge in [-0.05, 0) is 43.7 Å². The Kier molecular flexibility index (Phi) is 7.54. The van der Waals surface area contributed by atoms with Crippen molar-refractivity contribution < 1.29 is 14.7 Å². The van der Waals surface area contributed by atoms with Crippen molar-refractivity contribution in [2.75, 3.05) is 16.4 Å². The second kappa shape index (κ2) is 10.3. The normalized spacial score (nSPS) is 10.7. The van der Waals surface area contributed by atoms with E-state index in [0.29, 0.717) is 33.9 Å². The molecule has 0 saturated carbocycles. The first kappa shape index (κ1) is 22.6. The number of carbonyl (C=O) groups excluding carboxylic acids is 2. The molecule has 0 bridgehead atoms. The molecule has 31 heavy (non-hydrogen) atoms. The van der Waals surface area contributed by atoms with Crippen LogP contribution in [0, 0.1) is 6.92 Å². The van der Waals surface area contributed by atoms with Crippen LogP contribution in [0.3, 0.4) is 0 Å². The minimum absolute atomic E-state index is 0.000683. The molecule has 0 unspecified atom stereocenters. The van der Waals surface area contributed by atoms with Gasteiger partial charge in [-0.25, -0.2) is 0 Å². The van der Waals surface area contributed by atoms with E-state index in [4.69, 9.17) is 11.6 Å². The van der Waals surface area contributed by atoms with Gasteiger partial charge in [-0.3, -0.25) is 9.59 Å². The number of aryl methyl sites for hydroxylation is 1. The number of para-hydroxylation sites is 2. The number of phenolic OH excluding ortho intramolecular Hbond substituents is 1. The first-order valence-corrected chi connectivity index (χ1v) is 10.9. The Labute approximate surface area is 189 Å². The molecule has 0 atom stereocenters. The molecule has 10 heteroatoms. The molecule has 0 fully saturated rings. The van der Waals surface area contributed by atoms with Crippen molar-refractivity contribution in [2.45, 2.75) is 32.0 Å². The summed E-state index contributed by atoms with van der Waals surface area (Å²) in [7, 11) is 0. The molecule has 2 amide bonds. The van der Waals surface area contributed by atoms with E-state index < -0.39 is 0 Å². The van der Waals surface area contributed by atoms with Gasteiger partial charge in [0, 0.05) is 17.3 Å². The third-order valence-corrected chi connectivity index (χ3v) is 5.77. The molecular weight excluding hydrogens is 438 g/mol. The highest BCUT2D eigenvalue weighted by molar-refractivity contribution is 7.99. The molecule has 1 heterocycles. The maximum Gasteiger partial charge on any atom is 0.234 e. The van der Waals surface area contributed by atoms with E-state index in [0.717, 1.165) is 5.56 Å². The molecule has 0 aliphatic rings. The Morgan fingerprint density at radius 2 is 1.90 bits per heavy atom. The third-order valence-electron chi connectivity index (χ3n) is 4.39. The molecule has 2 aromatic carbocycles. The fourth-order valence-corrected chi connectivity index (χ4v) is 3.79. The van der Waals surface area contributed by atoms with Crippen LogP contribution in [0.25, 0.3) is 0 Å². The number of aromatic nitrogens is 3. The Morgan fingerprint density at radius 3 is 2.61 bits per heavy atom. The fourth-order valence-electron chi connectivity index (χ4n) is 2.79. The number of aromatic hydroxyl groups is 1. The minimum atomic E-state index is -0.285. The predicted molar refractivity (Wildman–Crippen MR) is 122 cm³/mol. The van der Waals surface area contributed by atoms with E-state index >= 15 is 0 Å². The van der Waals surface area contributed by atoms with Crippen LogP contribution in [-0.2, 0) is 22.6 Å². The first-order chi connectivity index (χ1) is 14.9. The second-order valence-electron chi connectivity index (χ2n) is 6.69. The summed E-state index contributed by atoms with van der Waals surface area (Å²) in [5.41, 5.74) is 1.88. The minimum Gasteiger partial charge on any atom is -0.506 e. The van der Waals surface area contributed by atoms with Crippen LogP contribution in [0.1, 0.15) is 18.3 Å². The largest absolute Gasteiger partial charge is 0.506 e. The van der Waals surface area contributed by atoms with Gasteiger partial charge >= 0.3 is 0 Å². The summed E-state index contributed by atoms with van der Waals surface area (Å²) in [6.45, 7) is 4.35. The number of carbonyl (C=O) groups is 2. The van der Waals surface area contributed by atoms with Gasteiger partial charge in [-0.1, -0.05) is 41.6 Å². The summed E-state index contributed by atoms with van der Waals surface area (Å²) < 4.78 is 1.79. The quantitative estimate of drug-likeness (QED) is 0.348. The van der Waals surface area contributed by atoms with Crippen LogP contribution in [-0.4, -0.2) is 37.4 Å². The highest BCUT2D eigenvalue weighted by Gasteiger charge is 2.16. The maximum absolute atomic E-state index is 12.4. The number of amides is 2. The van der Waals surface area contributed by atoms with Crippen molar-refractivity contribution in [3.05, 3.63) is 58.9 Å². The molecule has 3 rings (SSSR count). The van der Waals surface area contributed by atoms with Gasteiger partial charge in [0.2, 0.25) is 11.8 Å². The number of halogens is 1. The van der Waals surface area contributed by atoms with E-state index in [9.17, 15) is 14.7 Å². The summed E-state index contributed by atoms with van der Waals surface area (Å²) in [6.07, 6.45) is 0.0387. The van der Waals surface area contributed by atoms with E-state index in [-0.39, 0.29) is 29.7 Å². The summed E-state index contributed by atoms with van der Waals surface area (Å²) in [4.78, 5) is 24.6. The van der Waals surface area contributed by atoms with Crippen molar-refractivity contribution in [3.8, 4) is 5.75 Å². The van der Waals surface area contributed by atoms with Gasteiger partial charge in [0.25, 0.3) is 0 Å². The van der Waals surface area contributed by atoms with Gasteiger partial charge in [0.05, 0.1) is 17.9 Å². The molecule has 1 aromatic heterocycles. The monoisotopic (exact) mass is 459 g/mol. The summed E-state index contributed by atoms with van der Waals surface area (Å²) in [6, 6.07) is 11.8.